The van der Waals surface area contributed by atoms with Crippen LogP contribution in [0.5, 0.6) is 0 Å². The number of ether oxygens (including phenoxy) is 1. The molecule has 0 aliphatic carbocycles. The molecule has 12 heteroatoms. The minimum atomic E-state index is -1.69. The van der Waals surface area contributed by atoms with Gasteiger partial charge in [-0.25, -0.2) is 4.79 Å². The van der Waals surface area contributed by atoms with Gasteiger partial charge in [0.15, 0.2) is 0 Å². The summed E-state index contributed by atoms with van der Waals surface area (Å²) in [7, 11) is 4.03. The van der Waals surface area contributed by atoms with Gasteiger partial charge in [0.25, 0.3) is 0 Å². The molecule has 0 radical (unpaired) electrons. The Balaban J connectivity index is 1.71. The number of benzene rings is 2. The average molecular weight is 587 g/mol. The van der Waals surface area contributed by atoms with Gasteiger partial charge < -0.3 is 49.8 Å². The van der Waals surface area contributed by atoms with Crippen LogP contribution in [0.25, 0.3) is 0 Å². The zero-order valence-corrected chi connectivity index (χ0v) is 24.0. The second-order valence-electron chi connectivity index (χ2n) is 11.4. The molecule has 12 nitrogen and oxygen atoms in total. The van der Waals surface area contributed by atoms with Gasteiger partial charge in [-0.05, 0) is 11.1 Å². The van der Waals surface area contributed by atoms with E-state index in [2.05, 4.69) is 0 Å². The van der Waals surface area contributed by atoms with Crippen molar-refractivity contribution in [1.82, 2.24) is 14.7 Å². The number of urea groups is 1. The van der Waals surface area contributed by atoms with Crippen molar-refractivity contribution in [1.29, 1.82) is 0 Å². The van der Waals surface area contributed by atoms with E-state index >= 15 is 0 Å². The van der Waals surface area contributed by atoms with Crippen LogP contribution in [-0.2, 0) is 22.6 Å². The summed E-state index contributed by atoms with van der Waals surface area (Å²) in [6.45, 7) is 0.807. The third kappa shape index (κ3) is 7.27. The summed E-state index contributed by atoms with van der Waals surface area (Å²) < 4.78 is 6.29. The molecule has 5 N–H and O–H groups in total. The van der Waals surface area contributed by atoms with E-state index in [1.807, 2.05) is 79.7 Å². The third-order valence-corrected chi connectivity index (χ3v) is 7.96. The largest absolute Gasteiger partial charge is 0.548 e. The summed E-state index contributed by atoms with van der Waals surface area (Å²) in [4.78, 5) is 32.7. The minimum Gasteiger partial charge on any atom is -0.548 e. The quantitative estimate of drug-likeness (QED) is 0.158. The predicted molar refractivity (Wildman–Crippen MR) is 150 cm³/mol. The molecule has 2 aliphatic rings. The molecule has 0 spiro atoms. The standard InChI is InChI=1S/C30H42N4O8/c1-31(2)14-9-15-32-18-23(27(38)26(37)22(36)19-35)42-28(32)24-25(29(39)40)34(17-21-12-7-4-8-13-21)30(41)33(24)16-20-10-5-3-6-11-20/h3-8,10-13,22-28,35-38H,9,14-19H2,1-2H3,(H,39,40)/t22-,23+,24-,25+,26-,27-,28+/m1/s1. The number of aliphatic hydroxyl groups is 4. The van der Waals surface area contributed by atoms with E-state index in [1.165, 1.54) is 14.7 Å². The first-order chi connectivity index (χ1) is 20.1. The van der Waals surface area contributed by atoms with E-state index in [0.717, 1.165) is 24.1 Å². The number of carboxylic acids is 1. The summed E-state index contributed by atoms with van der Waals surface area (Å²) in [5.41, 5.74) is 1.55. The van der Waals surface area contributed by atoms with Gasteiger partial charge in [0.05, 0.1) is 45.3 Å². The second-order valence-corrected chi connectivity index (χ2v) is 11.4. The molecular weight excluding hydrogens is 544 g/mol. The van der Waals surface area contributed by atoms with Crippen LogP contribution in [0.1, 0.15) is 17.5 Å². The van der Waals surface area contributed by atoms with Crippen LogP contribution in [0, 0.1) is 0 Å². The Morgan fingerprint density at radius 3 is 2.10 bits per heavy atom. The van der Waals surface area contributed by atoms with Crippen molar-refractivity contribution < 1.29 is 44.8 Å². The van der Waals surface area contributed by atoms with Gasteiger partial charge in [0, 0.05) is 32.6 Å². The molecule has 0 bridgehead atoms. The van der Waals surface area contributed by atoms with E-state index in [4.69, 9.17) is 4.74 Å². The van der Waals surface area contributed by atoms with Crippen LogP contribution in [0.3, 0.4) is 0 Å². The number of rotatable bonds is 14. The van der Waals surface area contributed by atoms with Crippen LogP contribution in [0.15, 0.2) is 60.7 Å². The molecule has 4 rings (SSSR count). The number of nitrogens with zero attached hydrogens (tertiary/aromatic N) is 3. The van der Waals surface area contributed by atoms with Gasteiger partial charge in [-0.15, -0.1) is 0 Å². The highest BCUT2D eigenvalue weighted by Crippen LogP contribution is 2.35. The number of nitrogens with one attached hydrogen (secondary N) is 1. The van der Waals surface area contributed by atoms with Crippen LogP contribution < -0.4 is 10.0 Å². The molecule has 7 atom stereocenters. The van der Waals surface area contributed by atoms with Gasteiger partial charge in [-0.2, -0.15) is 0 Å². The lowest BCUT2D eigenvalue weighted by Gasteiger charge is -2.36. The Morgan fingerprint density at radius 2 is 1.57 bits per heavy atom. The zero-order valence-electron chi connectivity index (χ0n) is 24.0. The highest BCUT2D eigenvalue weighted by atomic mass is 16.5. The van der Waals surface area contributed by atoms with Crippen molar-refractivity contribution in [2.24, 2.45) is 0 Å². The Kier molecular flexibility index (Phi) is 10.9. The van der Waals surface area contributed by atoms with Crippen molar-refractivity contribution >= 4 is 12.0 Å². The van der Waals surface area contributed by atoms with Crippen molar-refractivity contribution in [3.8, 4) is 0 Å². The van der Waals surface area contributed by atoms with Crippen LogP contribution in [-0.4, -0.2) is 130 Å². The van der Waals surface area contributed by atoms with E-state index in [1.54, 1.807) is 0 Å². The summed E-state index contributed by atoms with van der Waals surface area (Å²) in [5, 5.41) is 53.4. The Labute approximate surface area is 245 Å². The third-order valence-electron chi connectivity index (χ3n) is 7.96. The Hall–Kier alpha value is -3.10. The maximum atomic E-state index is 14.0. The van der Waals surface area contributed by atoms with E-state index < -0.39 is 61.3 Å². The lowest BCUT2D eigenvalue weighted by atomic mass is 10.0. The van der Waals surface area contributed by atoms with Crippen LogP contribution in [0.4, 0.5) is 4.79 Å². The summed E-state index contributed by atoms with van der Waals surface area (Å²) in [6.07, 6.45) is -6.11. The maximum Gasteiger partial charge on any atom is 0.321 e. The van der Waals surface area contributed by atoms with Crippen molar-refractivity contribution in [2.75, 3.05) is 40.3 Å². The molecule has 2 saturated heterocycles. The molecule has 2 heterocycles. The number of carboxylic acid groups (broad SMARTS) is 1. The fourth-order valence-corrected chi connectivity index (χ4v) is 5.78. The molecule has 2 fully saturated rings. The lowest BCUT2D eigenvalue weighted by molar-refractivity contribution is -0.858. The molecule has 0 saturated carbocycles. The first-order valence-electron chi connectivity index (χ1n) is 14.3. The number of amides is 2. The molecule has 2 amide bonds. The highest BCUT2D eigenvalue weighted by molar-refractivity contribution is 5.87. The normalized spacial score (nSPS) is 25.3. The Morgan fingerprint density at radius 1 is 1.00 bits per heavy atom. The number of hydrogen-bond acceptors (Lipinski definition) is 9. The summed E-state index contributed by atoms with van der Waals surface area (Å²) in [6, 6.07) is 15.5. The molecular formula is C30H42N4O8. The van der Waals surface area contributed by atoms with Crippen LogP contribution >= 0.6 is 0 Å². The topological polar surface area (TPSA) is 162 Å². The number of aliphatic hydroxyl groups excluding tert-OH is 4. The average Bonchev–Trinajstić information content (AvgIpc) is 3.51. The SMILES string of the molecule is C[NH+](C)CCCN1C[C@@H]([C@@H](O)[C@H](O)[C@H](O)CO)O[C@H]1[C@H]1[C@@H](C(=O)[O-])N(Cc2ccccc2)C(=O)N1Cc1ccccc1. The van der Waals surface area contributed by atoms with Crippen LogP contribution in [0.2, 0.25) is 0 Å². The molecule has 0 aromatic heterocycles. The van der Waals surface area contributed by atoms with E-state index in [0.29, 0.717) is 6.54 Å². The molecule has 0 unspecified atom stereocenters. The summed E-state index contributed by atoms with van der Waals surface area (Å²) in [5.74, 6) is -1.43. The number of hydrogen-bond donors (Lipinski definition) is 5. The number of carbonyl (C=O) groups is 2. The van der Waals surface area contributed by atoms with Gasteiger partial charge in [-0.3, -0.25) is 4.90 Å². The van der Waals surface area contributed by atoms with Gasteiger partial charge in [-0.1, -0.05) is 60.7 Å². The zero-order chi connectivity index (χ0) is 30.4. The molecule has 2 aliphatic heterocycles. The highest BCUT2D eigenvalue weighted by Gasteiger charge is 2.55. The Bertz CT molecular complexity index is 1160. The minimum absolute atomic E-state index is 0.0459. The fourth-order valence-electron chi connectivity index (χ4n) is 5.78. The predicted octanol–water partition coefficient (Wildman–Crippen LogP) is -2.75. The van der Waals surface area contributed by atoms with Crippen molar-refractivity contribution in [3.05, 3.63) is 71.8 Å². The lowest BCUT2D eigenvalue weighted by Crippen LogP contribution is -3.05. The number of aliphatic carboxylic acids is 1. The van der Waals surface area contributed by atoms with Crippen molar-refractivity contribution in [3.63, 3.8) is 0 Å². The molecule has 2 aromatic carbocycles. The second kappa shape index (κ2) is 14.4. The molecule has 230 valence electrons. The molecule has 42 heavy (non-hydrogen) atoms. The number of quaternary nitrogens is 1. The number of carbonyl (C=O) groups excluding carboxylic acids is 2. The van der Waals surface area contributed by atoms with Crippen molar-refractivity contribution in [2.45, 2.75) is 62.2 Å². The van der Waals surface area contributed by atoms with E-state index in [-0.39, 0.29) is 19.6 Å². The van der Waals surface area contributed by atoms with Gasteiger partial charge in [0.1, 0.15) is 30.6 Å². The van der Waals surface area contributed by atoms with Gasteiger partial charge >= 0.3 is 6.03 Å². The maximum absolute atomic E-state index is 14.0. The monoisotopic (exact) mass is 586 g/mol. The van der Waals surface area contributed by atoms with Gasteiger partial charge in [0.2, 0.25) is 0 Å². The van der Waals surface area contributed by atoms with E-state index in [9.17, 15) is 35.1 Å². The first kappa shape index (κ1) is 31.8. The smallest absolute Gasteiger partial charge is 0.321 e. The fraction of sp³-hybridized carbons (Fsp3) is 0.533. The first-order valence-corrected chi connectivity index (χ1v) is 14.3. The summed E-state index contributed by atoms with van der Waals surface area (Å²) >= 11 is 0. The molecule has 2 aromatic rings.